The van der Waals surface area contributed by atoms with E-state index in [2.05, 4.69) is 0 Å². The summed E-state index contributed by atoms with van der Waals surface area (Å²) < 4.78 is 10.2. The van der Waals surface area contributed by atoms with Crippen LogP contribution < -0.4 is 0 Å². The average molecular weight is 244 g/mol. The molecule has 0 fully saturated rings. The van der Waals surface area contributed by atoms with Crippen LogP contribution in [0.4, 0.5) is 0 Å². The van der Waals surface area contributed by atoms with Crippen molar-refractivity contribution in [3.8, 4) is 0 Å². The average Bonchev–Trinajstić information content (AvgIpc) is 2.25. The van der Waals surface area contributed by atoms with Gasteiger partial charge < -0.3 is 9.47 Å². The molecule has 0 rings (SSSR count). The Labute approximate surface area is 104 Å². The highest BCUT2D eigenvalue weighted by Crippen LogP contribution is 2.23. The van der Waals surface area contributed by atoms with Crippen LogP contribution in [0.15, 0.2) is 0 Å². The third-order valence-corrected chi connectivity index (χ3v) is 2.79. The van der Waals surface area contributed by atoms with Crippen molar-refractivity contribution in [3.05, 3.63) is 0 Å². The van der Waals surface area contributed by atoms with Gasteiger partial charge in [-0.15, -0.1) is 0 Å². The molecule has 4 nitrogen and oxygen atoms in total. The topological polar surface area (TPSA) is 52.6 Å². The molecule has 0 N–H and O–H groups in total. The molecule has 0 aromatic heterocycles. The van der Waals surface area contributed by atoms with Crippen LogP contribution in [0.25, 0.3) is 0 Å². The Balaban J connectivity index is 4.67. The molecule has 1 unspecified atom stereocenters. The second-order valence-electron chi connectivity index (χ2n) is 5.06. The summed E-state index contributed by atoms with van der Waals surface area (Å²) in [5, 5.41) is 0. The fraction of sp³-hybridized carbons (Fsp3) is 0.846. The van der Waals surface area contributed by atoms with Gasteiger partial charge in [-0.3, -0.25) is 4.79 Å². The summed E-state index contributed by atoms with van der Waals surface area (Å²) in [6.45, 7) is 11.2. The molecule has 0 aliphatic carbocycles. The maximum absolute atomic E-state index is 11.9. The maximum Gasteiger partial charge on any atom is 0.347 e. The number of carbonyl (C=O) groups is 2. The van der Waals surface area contributed by atoms with E-state index in [0.717, 1.165) is 0 Å². The second kappa shape index (κ2) is 6.62. The van der Waals surface area contributed by atoms with E-state index in [1.165, 1.54) is 0 Å². The van der Waals surface area contributed by atoms with Gasteiger partial charge in [0.05, 0.1) is 12.0 Å². The van der Waals surface area contributed by atoms with Gasteiger partial charge >= 0.3 is 11.9 Å². The summed E-state index contributed by atoms with van der Waals surface area (Å²) in [6, 6.07) is 0. The minimum absolute atomic E-state index is 0.0920. The standard InChI is InChI=1S/C13H24O4/c1-7-13(5,6)12(15)17-10(9(3)4)11(14)16-8-2/h9-10H,7-8H2,1-6H3. The van der Waals surface area contributed by atoms with Crippen LogP contribution in [0, 0.1) is 11.3 Å². The minimum atomic E-state index is -0.812. The number of carbonyl (C=O) groups excluding carboxylic acids is 2. The van der Waals surface area contributed by atoms with E-state index in [9.17, 15) is 9.59 Å². The van der Waals surface area contributed by atoms with E-state index in [1.807, 2.05) is 20.8 Å². The molecular formula is C13H24O4. The van der Waals surface area contributed by atoms with Gasteiger partial charge in [-0.05, 0) is 27.2 Å². The highest BCUT2D eigenvalue weighted by molar-refractivity contribution is 5.82. The molecule has 4 heteroatoms. The van der Waals surface area contributed by atoms with Gasteiger partial charge in [-0.1, -0.05) is 20.8 Å². The summed E-state index contributed by atoms with van der Waals surface area (Å²) in [7, 11) is 0. The minimum Gasteiger partial charge on any atom is -0.463 e. The number of hydrogen-bond donors (Lipinski definition) is 0. The largest absolute Gasteiger partial charge is 0.463 e. The fourth-order valence-electron chi connectivity index (χ4n) is 1.10. The molecule has 0 saturated carbocycles. The molecule has 0 heterocycles. The molecule has 0 radical (unpaired) electrons. The summed E-state index contributed by atoms with van der Waals surface area (Å²) in [4.78, 5) is 23.5. The Morgan fingerprint density at radius 3 is 2.06 bits per heavy atom. The van der Waals surface area contributed by atoms with Crippen LogP contribution in [0.5, 0.6) is 0 Å². The molecule has 1 atom stereocenters. The summed E-state index contributed by atoms with van der Waals surface area (Å²) >= 11 is 0. The Hall–Kier alpha value is -1.06. The number of hydrogen-bond acceptors (Lipinski definition) is 4. The molecule has 0 spiro atoms. The molecule has 0 aromatic rings. The Bertz CT molecular complexity index is 269. The number of esters is 2. The predicted molar refractivity (Wildman–Crippen MR) is 65.4 cm³/mol. The molecule has 17 heavy (non-hydrogen) atoms. The van der Waals surface area contributed by atoms with Gasteiger partial charge in [0.1, 0.15) is 0 Å². The van der Waals surface area contributed by atoms with Crippen molar-refractivity contribution in [1.82, 2.24) is 0 Å². The highest BCUT2D eigenvalue weighted by Gasteiger charge is 2.34. The molecule has 0 aliphatic rings. The molecule has 0 aromatic carbocycles. The van der Waals surface area contributed by atoms with Gasteiger partial charge in [-0.2, -0.15) is 0 Å². The van der Waals surface area contributed by atoms with E-state index in [-0.39, 0.29) is 18.5 Å². The van der Waals surface area contributed by atoms with Crippen molar-refractivity contribution < 1.29 is 19.1 Å². The van der Waals surface area contributed by atoms with Crippen molar-refractivity contribution in [3.63, 3.8) is 0 Å². The van der Waals surface area contributed by atoms with E-state index in [1.54, 1.807) is 20.8 Å². The zero-order valence-corrected chi connectivity index (χ0v) is 11.7. The smallest absolute Gasteiger partial charge is 0.347 e. The Kier molecular flexibility index (Phi) is 6.21. The number of ether oxygens (including phenoxy) is 2. The normalized spacial score (nSPS) is 13.4. The lowest BCUT2D eigenvalue weighted by molar-refractivity contribution is -0.176. The van der Waals surface area contributed by atoms with Crippen LogP contribution in [0.1, 0.15) is 48.0 Å². The van der Waals surface area contributed by atoms with Crippen LogP contribution in [-0.4, -0.2) is 24.6 Å². The first-order valence-electron chi connectivity index (χ1n) is 6.14. The van der Waals surface area contributed by atoms with Gasteiger partial charge in [-0.25, -0.2) is 4.79 Å². The van der Waals surface area contributed by atoms with Gasteiger partial charge in [0, 0.05) is 5.92 Å². The van der Waals surface area contributed by atoms with E-state index < -0.39 is 17.5 Å². The fourth-order valence-corrected chi connectivity index (χ4v) is 1.10. The van der Waals surface area contributed by atoms with E-state index >= 15 is 0 Å². The molecule has 0 amide bonds. The molecule has 0 aliphatic heterocycles. The predicted octanol–water partition coefficient (Wildman–Crippen LogP) is 2.55. The Morgan fingerprint density at radius 1 is 1.18 bits per heavy atom. The lowest BCUT2D eigenvalue weighted by atomic mass is 9.90. The van der Waals surface area contributed by atoms with Crippen LogP contribution >= 0.6 is 0 Å². The third kappa shape index (κ3) is 4.75. The first-order chi connectivity index (χ1) is 7.76. The highest BCUT2D eigenvalue weighted by atomic mass is 16.6. The first-order valence-corrected chi connectivity index (χ1v) is 6.14. The zero-order chi connectivity index (χ0) is 13.6. The quantitative estimate of drug-likeness (QED) is 0.674. The van der Waals surface area contributed by atoms with Gasteiger partial charge in [0.15, 0.2) is 0 Å². The van der Waals surface area contributed by atoms with E-state index in [0.29, 0.717) is 6.42 Å². The van der Waals surface area contributed by atoms with Crippen molar-refractivity contribution in [2.45, 2.75) is 54.1 Å². The lowest BCUT2D eigenvalue weighted by Crippen LogP contribution is -2.38. The summed E-state index contributed by atoms with van der Waals surface area (Å²) in [5.41, 5.74) is -0.570. The van der Waals surface area contributed by atoms with Gasteiger partial charge in [0.25, 0.3) is 0 Å². The molecule has 100 valence electrons. The summed E-state index contributed by atoms with van der Waals surface area (Å²) in [5.74, 6) is -0.917. The van der Waals surface area contributed by atoms with Crippen molar-refractivity contribution >= 4 is 11.9 Å². The van der Waals surface area contributed by atoms with Crippen molar-refractivity contribution in [2.75, 3.05) is 6.61 Å². The monoisotopic (exact) mass is 244 g/mol. The number of rotatable bonds is 6. The lowest BCUT2D eigenvalue weighted by Gasteiger charge is -2.26. The third-order valence-electron chi connectivity index (χ3n) is 2.79. The Morgan fingerprint density at radius 2 is 1.71 bits per heavy atom. The maximum atomic E-state index is 11.9. The SMILES string of the molecule is CCOC(=O)C(OC(=O)C(C)(C)CC)C(C)C. The van der Waals surface area contributed by atoms with Gasteiger partial charge in [0.2, 0.25) is 6.10 Å². The van der Waals surface area contributed by atoms with Crippen LogP contribution in [0.3, 0.4) is 0 Å². The summed E-state index contributed by atoms with van der Waals surface area (Å²) in [6.07, 6.45) is -0.146. The second-order valence-corrected chi connectivity index (χ2v) is 5.06. The van der Waals surface area contributed by atoms with Crippen LogP contribution in [0.2, 0.25) is 0 Å². The zero-order valence-electron chi connectivity index (χ0n) is 11.7. The molecule has 0 saturated heterocycles. The molecule has 0 bridgehead atoms. The van der Waals surface area contributed by atoms with E-state index in [4.69, 9.17) is 9.47 Å². The first kappa shape index (κ1) is 15.9. The van der Waals surface area contributed by atoms with Crippen molar-refractivity contribution in [2.24, 2.45) is 11.3 Å². The van der Waals surface area contributed by atoms with Crippen LogP contribution in [-0.2, 0) is 19.1 Å². The molecular weight excluding hydrogens is 220 g/mol. The van der Waals surface area contributed by atoms with Crippen molar-refractivity contribution in [1.29, 1.82) is 0 Å².